The van der Waals surface area contributed by atoms with Gasteiger partial charge < -0.3 is 11.1 Å². The number of nitrogens with zero attached hydrogens (tertiary/aromatic N) is 1. The van der Waals surface area contributed by atoms with Crippen molar-refractivity contribution >= 4 is 5.96 Å². The van der Waals surface area contributed by atoms with Crippen molar-refractivity contribution < 1.29 is 0 Å². The Morgan fingerprint density at radius 2 is 1.67 bits per heavy atom. The maximum absolute atomic E-state index is 5.88. The van der Waals surface area contributed by atoms with Crippen LogP contribution in [0.4, 0.5) is 0 Å². The van der Waals surface area contributed by atoms with Crippen LogP contribution in [0.1, 0.15) is 40.2 Å². The molecule has 100 valence electrons. The van der Waals surface area contributed by atoms with E-state index in [-0.39, 0.29) is 11.0 Å². The van der Waals surface area contributed by atoms with E-state index in [2.05, 4.69) is 69.2 Å². The highest BCUT2D eigenvalue weighted by Gasteiger charge is 2.20. The molecule has 0 bridgehead atoms. The minimum atomic E-state index is -0.0511. The Labute approximate surface area is 111 Å². The first-order valence-corrected chi connectivity index (χ1v) is 6.34. The summed E-state index contributed by atoms with van der Waals surface area (Å²) >= 11 is 0. The maximum atomic E-state index is 5.88. The van der Waals surface area contributed by atoms with E-state index in [1.165, 1.54) is 5.56 Å². The van der Waals surface area contributed by atoms with Gasteiger partial charge in [-0.15, -0.1) is 0 Å². The molecule has 1 rings (SSSR count). The van der Waals surface area contributed by atoms with Crippen LogP contribution in [-0.2, 0) is 5.41 Å². The number of nitrogens with one attached hydrogen (secondary N) is 1. The van der Waals surface area contributed by atoms with E-state index < -0.39 is 0 Å². The fourth-order valence-corrected chi connectivity index (χ4v) is 1.69. The molecule has 0 fully saturated rings. The Morgan fingerprint density at radius 3 is 2.17 bits per heavy atom. The maximum Gasteiger partial charge on any atom is 0.189 e. The molecule has 0 amide bonds. The van der Waals surface area contributed by atoms with Gasteiger partial charge in [0.15, 0.2) is 5.96 Å². The first-order valence-electron chi connectivity index (χ1n) is 6.34. The Kier molecular flexibility index (Phi) is 4.38. The highest BCUT2D eigenvalue weighted by Crippen LogP contribution is 2.22. The molecule has 0 aliphatic carbocycles. The lowest BCUT2D eigenvalue weighted by atomic mass is 9.85. The molecule has 0 aliphatic rings. The van der Waals surface area contributed by atoms with Gasteiger partial charge in [-0.3, -0.25) is 4.99 Å². The Balaban J connectivity index is 2.70. The largest absolute Gasteiger partial charge is 0.370 e. The van der Waals surface area contributed by atoms with Gasteiger partial charge >= 0.3 is 0 Å². The molecule has 1 aromatic carbocycles. The van der Waals surface area contributed by atoms with Gasteiger partial charge in [0.2, 0.25) is 0 Å². The van der Waals surface area contributed by atoms with E-state index in [0.29, 0.717) is 12.5 Å². The summed E-state index contributed by atoms with van der Waals surface area (Å²) in [7, 11) is 0. The third-order valence-electron chi connectivity index (χ3n) is 2.70. The van der Waals surface area contributed by atoms with Crippen LogP contribution >= 0.6 is 0 Å². The molecule has 0 radical (unpaired) electrons. The fourth-order valence-electron chi connectivity index (χ4n) is 1.69. The Bertz CT molecular complexity index is 399. The zero-order valence-corrected chi connectivity index (χ0v) is 12.1. The third kappa shape index (κ3) is 4.78. The van der Waals surface area contributed by atoms with Gasteiger partial charge in [-0.2, -0.15) is 0 Å². The summed E-state index contributed by atoms with van der Waals surface area (Å²) in [6.07, 6.45) is 0. The van der Waals surface area contributed by atoms with Gasteiger partial charge in [-0.25, -0.2) is 0 Å². The van der Waals surface area contributed by atoms with Crippen molar-refractivity contribution in [2.24, 2.45) is 10.7 Å². The molecular weight excluding hydrogens is 222 g/mol. The van der Waals surface area contributed by atoms with Gasteiger partial charge in [-0.1, -0.05) is 44.2 Å². The second-order valence-electron chi connectivity index (χ2n) is 6.33. The zero-order valence-electron chi connectivity index (χ0n) is 12.1. The van der Waals surface area contributed by atoms with Crippen molar-refractivity contribution in [1.29, 1.82) is 0 Å². The van der Waals surface area contributed by atoms with Gasteiger partial charge in [0, 0.05) is 11.0 Å². The van der Waals surface area contributed by atoms with E-state index in [0.717, 1.165) is 0 Å². The number of guanidine groups is 1. The number of benzene rings is 1. The molecule has 0 aliphatic heterocycles. The van der Waals surface area contributed by atoms with Crippen molar-refractivity contribution in [3.05, 3.63) is 35.9 Å². The van der Waals surface area contributed by atoms with E-state index in [1.807, 2.05) is 6.07 Å². The van der Waals surface area contributed by atoms with E-state index >= 15 is 0 Å². The minimum absolute atomic E-state index is 0.00849. The molecule has 18 heavy (non-hydrogen) atoms. The quantitative estimate of drug-likeness (QED) is 0.637. The topological polar surface area (TPSA) is 50.4 Å². The smallest absolute Gasteiger partial charge is 0.189 e. The first-order chi connectivity index (χ1) is 8.21. The summed E-state index contributed by atoms with van der Waals surface area (Å²) in [5, 5.41) is 3.17. The second kappa shape index (κ2) is 5.42. The van der Waals surface area contributed by atoms with Crippen LogP contribution in [-0.4, -0.2) is 18.0 Å². The predicted octanol–water partition coefficient (Wildman–Crippen LogP) is 2.67. The highest BCUT2D eigenvalue weighted by atomic mass is 15.1. The number of rotatable bonds is 3. The lowest BCUT2D eigenvalue weighted by molar-refractivity contribution is 0.500. The molecule has 1 aromatic rings. The molecule has 3 N–H and O–H groups in total. The van der Waals surface area contributed by atoms with Crippen molar-refractivity contribution in [2.75, 3.05) is 6.54 Å². The summed E-state index contributed by atoms with van der Waals surface area (Å²) in [6.45, 7) is 11.2. The van der Waals surface area contributed by atoms with Crippen LogP contribution in [0.2, 0.25) is 0 Å². The number of hydrogen-bond donors (Lipinski definition) is 2. The Hall–Kier alpha value is -1.51. The van der Waals surface area contributed by atoms with Crippen molar-refractivity contribution in [2.45, 2.75) is 45.6 Å². The predicted molar refractivity (Wildman–Crippen MR) is 78.8 cm³/mol. The SMILES string of the molecule is CC(C)(C)NC(N)=NCC(C)(C)c1ccccc1. The fraction of sp³-hybridized carbons (Fsp3) is 0.533. The molecule has 3 heteroatoms. The molecule has 0 unspecified atom stereocenters. The summed E-state index contributed by atoms with van der Waals surface area (Å²) in [5.41, 5.74) is 7.10. The number of nitrogens with two attached hydrogens (primary N) is 1. The molecule has 0 saturated carbocycles. The minimum Gasteiger partial charge on any atom is -0.370 e. The molecule has 0 saturated heterocycles. The zero-order chi connectivity index (χ0) is 13.8. The highest BCUT2D eigenvalue weighted by molar-refractivity contribution is 5.78. The van der Waals surface area contributed by atoms with Crippen LogP contribution < -0.4 is 11.1 Å². The third-order valence-corrected chi connectivity index (χ3v) is 2.70. The van der Waals surface area contributed by atoms with Crippen molar-refractivity contribution in [3.63, 3.8) is 0 Å². The van der Waals surface area contributed by atoms with Gasteiger partial charge in [0.25, 0.3) is 0 Å². The standard InChI is InChI=1S/C15H25N3/c1-14(2,3)18-13(16)17-11-15(4,5)12-9-7-6-8-10-12/h6-10H,11H2,1-5H3,(H3,16,17,18). The van der Waals surface area contributed by atoms with Gasteiger partial charge in [-0.05, 0) is 26.3 Å². The first kappa shape index (κ1) is 14.6. The van der Waals surface area contributed by atoms with Gasteiger partial charge in [0.05, 0.1) is 6.54 Å². The van der Waals surface area contributed by atoms with Crippen LogP contribution in [0.5, 0.6) is 0 Å². The van der Waals surface area contributed by atoms with Crippen LogP contribution in [0, 0.1) is 0 Å². The van der Waals surface area contributed by atoms with E-state index in [4.69, 9.17) is 5.73 Å². The summed E-state index contributed by atoms with van der Waals surface area (Å²) in [4.78, 5) is 4.44. The molecule has 0 heterocycles. The molecule has 0 aromatic heterocycles. The van der Waals surface area contributed by atoms with Crippen molar-refractivity contribution in [3.8, 4) is 0 Å². The normalized spacial score (nSPS) is 13.5. The average Bonchev–Trinajstić information content (AvgIpc) is 2.26. The monoisotopic (exact) mass is 247 g/mol. The van der Waals surface area contributed by atoms with E-state index in [9.17, 15) is 0 Å². The lowest BCUT2D eigenvalue weighted by Gasteiger charge is -2.25. The van der Waals surface area contributed by atoms with E-state index in [1.54, 1.807) is 0 Å². The molecule has 0 spiro atoms. The van der Waals surface area contributed by atoms with Crippen LogP contribution in [0.25, 0.3) is 0 Å². The van der Waals surface area contributed by atoms with Gasteiger partial charge in [0.1, 0.15) is 0 Å². The lowest BCUT2D eigenvalue weighted by Crippen LogP contribution is -2.45. The second-order valence-corrected chi connectivity index (χ2v) is 6.33. The van der Waals surface area contributed by atoms with Crippen LogP contribution in [0.3, 0.4) is 0 Å². The number of aliphatic imine (C=N–C) groups is 1. The van der Waals surface area contributed by atoms with Crippen LogP contribution in [0.15, 0.2) is 35.3 Å². The summed E-state index contributed by atoms with van der Waals surface area (Å²) in [6, 6.07) is 10.4. The summed E-state index contributed by atoms with van der Waals surface area (Å²) in [5.74, 6) is 0.506. The number of hydrogen-bond acceptors (Lipinski definition) is 1. The Morgan fingerprint density at radius 1 is 1.11 bits per heavy atom. The molecular formula is C15H25N3. The van der Waals surface area contributed by atoms with Crippen molar-refractivity contribution in [1.82, 2.24) is 5.32 Å². The molecule has 3 nitrogen and oxygen atoms in total. The summed E-state index contributed by atoms with van der Waals surface area (Å²) < 4.78 is 0. The average molecular weight is 247 g/mol. The molecule has 0 atom stereocenters.